The van der Waals surface area contributed by atoms with Crippen LogP contribution in [0.1, 0.15) is 46.5 Å². The van der Waals surface area contributed by atoms with Crippen molar-refractivity contribution in [3.8, 4) is 0 Å². The van der Waals surface area contributed by atoms with Crippen molar-refractivity contribution >= 4 is 27.7 Å². The highest BCUT2D eigenvalue weighted by Gasteiger charge is 2.33. The highest BCUT2D eigenvalue weighted by Crippen LogP contribution is 2.23. The predicted molar refractivity (Wildman–Crippen MR) is 79.0 cm³/mol. The number of carbonyl (C=O) groups is 2. The zero-order chi connectivity index (χ0) is 14.4. The van der Waals surface area contributed by atoms with Crippen LogP contribution >= 0.6 is 15.9 Å². The maximum atomic E-state index is 11.6. The summed E-state index contributed by atoms with van der Waals surface area (Å²) in [5, 5.41) is 0. The number of ketones is 1. The first-order valence-electron chi connectivity index (χ1n) is 6.60. The number of hydrogen-bond acceptors (Lipinski definition) is 3. The average Bonchev–Trinajstić information content (AvgIpc) is 2.31. The molecule has 0 radical (unpaired) electrons. The SMILES string of the molecule is C/C(Br)=C\C/C=C(\C)CC[C@H]1OC(=O)CC(=O)[C@H]1C. The number of carbonyl (C=O) groups excluding carboxylic acids is 2. The molecular weight excluding hydrogens is 308 g/mol. The summed E-state index contributed by atoms with van der Waals surface area (Å²) in [5.41, 5.74) is 1.26. The first kappa shape index (κ1) is 16.2. The fourth-order valence-corrected chi connectivity index (χ4v) is 2.21. The van der Waals surface area contributed by atoms with E-state index < -0.39 is 0 Å². The summed E-state index contributed by atoms with van der Waals surface area (Å²) in [7, 11) is 0. The summed E-state index contributed by atoms with van der Waals surface area (Å²) in [4.78, 5) is 22.8. The molecule has 106 valence electrons. The molecule has 1 aliphatic heterocycles. The summed E-state index contributed by atoms with van der Waals surface area (Å²) < 4.78 is 6.38. The van der Waals surface area contributed by atoms with E-state index in [1.54, 1.807) is 0 Å². The van der Waals surface area contributed by atoms with Crippen molar-refractivity contribution in [1.29, 1.82) is 0 Å². The maximum absolute atomic E-state index is 11.6. The van der Waals surface area contributed by atoms with Crippen molar-refractivity contribution in [2.75, 3.05) is 0 Å². The molecule has 0 spiro atoms. The monoisotopic (exact) mass is 328 g/mol. The molecule has 0 saturated carbocycles. The van der Waals surface area contributed by atoms with Crippen LogP contribution in [0, 0.1) is 5.92 Å². The number of rotatable bonds is 5. The van der Waals surface area contributed by atoms with Crippen LogP contribution in [0.15, 0.2) is 22.2 Å². The van der Waals surface area contributed by atoms with Gasteiger partial charge >= 0.3 is 5.97 Å². The molecule has 0 unspecified atom stereocenters. The van der Waals surface area contributed by atoms with Crippen LogP contribution in [0.4, 0.5) is 0 Å². The van der Waals surface area contributed by atoms with Gasteiger partial charge in [-0.3, -0.25) is 9.59 Å². The lowest BCUT2D eigenvalue weighted by atomic mass is 9.90. The van der Waals surface area contributed by atoms with Gasteiger partial charge in [0.1, 0.15) is 18.3 Å². The van der Waals surface area contributed by atoms with E-state index in [9.17, 15) is 9.59 Å². The standard InChI is InChI=1S/C15H21BrO3/c1-10(5-4-6-11(2)16)7-8-14-12(3)13(17)9-15(18)19-14/h5-6,12,14H,4,7-9H2,1-3H3/b10-5+,11-6+/t12-,14-/m1/s1. The van der Waals surface area contributed by atoms with Crippen LogP contribution in [0.2, 0.25) is 0 Å². The van der Waals surface area contributed by atoms with Gasteiger partial charge in [0.2, 0.25) is 0 Å². The van der Waals surface area contributed by atoms with Gasteiger partial charge in [-0.05, 0) is 37.6 Å². The zero-order valence-electron chi connectivity index (χ0n) is 11.7. The lowest BCUT2D eigenvalue weighted by Gasteiger charge is -2.27. The second kappa shape index (κ2) is 7.63. The lowest BCUT2D eigenvalue weighted by molar-refractivity contribution is -0.162. The van der Waals surface area contributed by atoms with Gasteiger partial charge in [0.15, 0.2) is 0 Å². The van der Waals surface area contributed by atoms with Crippen molar-refractivity contribution in [1.82, 2.24) is 0 Å². The minimum Gasteiger partial charge on any atom is -0.461 e. The highest BCUT2D eigenvalue weighted by atomic mass is 79.9. The van der Waals surface area contributed by atoms with Gasteiger partial charge in [-0.25, -0.2) is 0 Å². The average molecular weight is 329 g/mol. The van der Waals surface area contributed by atoms with Crippen LogP contribution < -0.4 is 0 Å². The van der Waals surface area contributed by atoms with E-state index in [-0.39, 0.29) is 30.2 Å². The van der Waals surface area contributed by atoms with E-state index in [1.807, 2.05) is 13.8 Å². The van der Waals surface area contributed by atoms with Crippen LogP contribution in [0.3, 0.4) is 0 Å². The van der Waals surface area contributed by atoms with E-state index >= 15 is 0 Å². The summed E-state index contributed by atoms with van der Waals surface area (Å²) in [6.07, 6.45) is 6.38. The van der Waals surface area contributed by atoms with Gasteiger partial charge in [-0.1, -0.05) is 40.6 Å². The molecule has 0 aromatic rings. The second-order valence-corrected chi connectivity index (χ2v) is 6.33. The Bertz CT molecular complexity index is 406. The predicted octanol–water partition coefficient (Wildman–Crippen LogP) is 3.92. The van der Waals surface area contributed by atoms with Crippen LogP contribution in [0.25, 0.3) is 0 Å². The molecule has 0 aromatic heterocycles. The van der Waals surface area contributed by atoms with Gasteiger partial charge in [-0.15, -0.1) is 0 Å². The first-order chi connectivity index (χ1) is 8.90. The molecule has 1 aliphatic rings. The topological polar surface area (TPSA) is 43.4 Å². The van der Waals surface area contributed by atoms with Crippen LogP contribution in [-0.4, -0.2) is 17.9 Å². The quantitative estimate of drug-likeness (QED) is 0.436. The van der Waals surface area contributed by atoms with Crippen LogP contribution in [-0.2, 0) is 14.3 Å². The minimum atomic E-state index is -0.382. The first-order valence-corrected chi connectivity index (χ1v) is 7.39. The number of esters is 1. The van der Waals surface area contributed by atoms with E-state index in [4.69, 9.17) is 4.74 Å². The fraction of sp³-hybridized carbons (Fsp3) is 0.600. The number of Topliss-reactive ketones (excluding diaryl/α,β-unsaturated/α-hetero) is 1. The number of ether oxygens (including phenoxy) is 1. The maximum Gasteiger partial charge on any atom is 0.313 e. The van der Waals surface area contributed by atoms with Crippen LogP contribution in [0.5, 0.6) is 0 Å². The van der Waals surface area contributed by atoms with E-state index in [0.29, 0.717) is 0 Å². The Morgan fingerprint density at radius 3 is 2.68 bits per heavy atom. The Kier molecular flexibility index (Phi) is 6.49. The Hall–Kier alpha value is -0.900. The Balaban J connectivity index is 2.44. The molecule has 0 N–H and O–H groups in total. The molecule has 19 heavy (non-hydrogen) atoms. The van der Waals surface area contributed by atoms with Crippen molar-refractivity contribution in [3.63, 3.8) is 0 Å². The minimum absolute atomic E-state index is 0.000676. The largest absolute Gasteiger partial charge is 0.461 e. The molecule has 0 aliphatic carbocycles. The molecule has 0 aromatic carbocycles. The van der Waals surface area contributed by atoms with Gasteiger partial charge in [0, 0.05) is 0 Å². The highest BCUT2D eigenvalue weighted by molar-refractivity contribution is 9.11. The van der Waals surface area contributed by atoms with Gasteiger partial charge in [0.25, 0.3) is 0 Å². The van der Waals surface area contributed by atoms with E-state index in [1.165, 1.54) is 5.57 Å². The number of allylic oxidation sites excluding steroid dienone is 4. The van der Waals surface area contributed by atoms with E-state index in [2.05, 4.69) is 35.0 Å². The molecule has 1 fully saturated rings. The van der Waals surface area contributed by atoms with Crippen molar-refractivity contribution in [2.24, 2.45) is 5.92 Å². The Labute approximate surface area is 123 Å². The zero-order valence-corrected chi connectivity index (χ0v) is 13.3. The molecule has 1 rings (SSSR count). The summed E-state index contributed by atoms with van der Waals surface area (Å²) in [6, 6.07) is 0. The van der Waals surface area contributed by atoms with Crippen molar-refractivity contribution in [2.45, 2.75) is 52.6 Å². The third-order valence-electron chi connectivity index (χ3n) is 3.36. The number of hydrogen-bond donors (Lipinski definition) is 0. The van der Waals surface area contributed by atoms with Gasteiger partial charge < -0.3 is 4.74 Å². The smallest absolute Gasteiger partial charge is 0.313 e. The summed E-state index contributed by atoms with van der Waals surface area (Å²) >= 11 is 3.38. The van der Waals surface area contributed by atoms with E-state index in [0.717, 1.165) is 23.7 Å². The summed E-state index contributed by atoms with van der Waals surface area (Å²) in [5.74, 6) is -0.552. The Morgan fingerprint density at radius 1 is 1.37 bits per heavy atom. The molecule has 1 heterocycles. The van der Waals surface area contributed by atoms with Crippen molar-refractivity contribution in [3.05, 3.63) is 22.2 Å². The normalized spacial score (nSPS) is 25.5. The Morgan fingerprint density at radius 2 is 2.05 bits per heavy atom. The lowest BCUT2D eigenvalue weighted by Crippen LogP contribution is -2.37. The molecule has 0 bridgehead atoms. The van der Waals surface area contributed by atoms with Crippen molar-refractivity contribution < 1.29 is 14.3 Å². The van der Waals surface area contributed by atoms with Gasteiger partial charge in [-0.2, -0.15) is 0 Å². The molecule has 3 nitrogen and oxygen atoms in total. The third kappa shape index (κ3) is 5.72. The summed E-state index contributed by atoms with van der Waals surface area (Å²) in [6.45, 7) is 5.90. The molecule has 2 atom stereocenters. The third-order valence-corrected chi connectivity index (χ3v) is 3.68. The number of halogens is 1. The van der Waals surface area contributed by atoms with Gasteiger partial charge in [0.05, 0.1) is 5.92 Å². The second-order valence-electron chi connectivity index (χ2n) is 5.08. The number of cyclic esters (lactones) is 1. The molecule has 0 amide bonds. The molecular formula is C15H21BrO3. The fourth-order valence-electron chi connectivity index (χ4n) is 2.03. The molecule has 1 saturated heterocycles. The molecule has 4 heteroatoms.